The molecule has 9 aromatic carbocycles. The molecule has 3 heterocycles. The van der Waals surface area contributed by atoms with Crippen LogP contribution in [0.25, 0.3) is 111 Å². The highest BCUT2D eigenvalue weighted by Crippen LogP contribution is 2.43. The first-order valence-corrected chi connectivity index (χ1v) is 22.9. The molecule has 0 amide bonds. The van der Waals surface area contributed by atoms with Crippen molar-refractivity contribution in [2.75, 3.05) is 0 Å². The second-order valence-corrected chi connectivity index (χ2v) is 17.7. The van der Waals surface area contributed by atoms with Gasteiger partial charge in [-0.2, -0.15) is 13.2 Å². The Bertz CT molecular complexity index is 3990. The average molecular weight is 902 g/mol. The van der Waals surface area contributed by atoms with Gasteiger partial charge in [-0.25, -0.2) is 15.0 Å². The second-order valence-electron chi connectivity index (χ2n) is 17.7. The zero-order valence-corrected chi connectivity index (χ0v) is 37.9. The highest BCUT2D eigenvalue weighted by Gasteiger charge is 2.33. The van der Waals surface area contributed by atoms with Crippen molar-refractivity contribution < 1.29 is 13.2 Å². The molecule has 8 heteroatoms. The number of aryl methyl sites for hydroxylation is 3. The average Bonchev–Trinajstić information content (AvgIpc) is 3.88. The van der Waals surface area contributed by atoms with Gasteiger partial charge in [0, 0.05) is 38.2 Å². The number of benzene rings is 9. The standard InChI is InChI=1S/C61H42F3N5/c1-37-25-29-56(68-52-23-13-11-21-46(52)48-34-41(26-30-54(48)68)44-19-9-7-15-38(44)2)50(33-37)59-65-58(40-17-5-4-6-18-40)66-60(67-59)51-36-43(61(62,63)64)28-32-57(51)69-53-24-14-12-22-47(53)49-35-42(27-31-55(49)69)45-20-10-8-16-39(45)3/h4-36H,1-3H3. The van der Waals surface area contributed by atoms with Crippen LogP contribution in [0.1, 0.15) is 22.3 Å². The van der Waals surface area contributed by atoms with Crippen LogP contribution < -0.4 is 0 Å². The number of hydrogen-bond acceptors (Lipinski definition) is 3. The van der Waals surface area contributed by atoms with Crippen molar-refractivity contribution in [1.82, 2.24) is 24.1 Å². The van der Waals surface area contributed by atoms with Crippen LogP contribution in [0, 0.1) is 20.8 Å². The molecule has 0 aliphatic rings. The summed E-state index contributed by atoms with van der Waals surface area (Å²) in [4.78, 5) is 15.5. The Balaban J connectivity index is 1.12. The summed E-state index contributed by atoms with van der Waals surface area (Å²) in [5.74, 6) is 0.773. The van der Waals surface area contributed by atoms with E-state index in [-0.39, 0.29) is 11.4 Å². The van der Waals surface area contributed by atoms with Gasteiger partial charge >= 0.3 is 6.18 Å². The summed E-state index contributed by atoms with van der Waals surface area (Å²) in [6.07, 6.45) is -4.64. The van der Waals surface area contributed by atoms with Gasteiger partial charge in [-0.3, -0.25) is 0 Å². The Morgan fingerprint density at radius 2 is 0.797 bits per heavy atom. The van der Waals surface area contributed by atoms with E-state index in [1.807, 2.05) is 78.2 Å². The topological polar surface area (TPSA) is 48.5 Å². The summed E-state index contributed by atoms with van der Waals surface area (Å²) in [6.45, 7) is 6.24. The smallest absolute Gasteiger partial charge is 0.309 e. The zero-order valence-electron chi connectivity index (χ0n) is 37.9. The van der Waals surface area contributed by atoms with E-state index < -0.39 is 11.7 Å². The number of para-hydroxylation sites is 2. The molecule has 0 N–H and O–H groups in total. The molecule has 0 unspecified atom stereocenters. The fourth-order valence-electron chi connectivity index (χ4n) is 10.0. The molecule has 0 fully saturated rings. The van der Waals surface area contributed by atoms with Crippen molar-refractivity contribution in [1.29, 1.82) is 0 Å². The van der Waals surface area contributed by atoms with Crippen molar-refractivity contribution in [2.24, 2.45) is 0 Å². The second kappa shape index (κ2) is 16.3. The molecule has 3 aromatic heterocycles. The van der Waals surface area contributed by atoms with Gasteiger partial charge in [-0.05, 0) is 121 Å². The fourth-order valence-corrected chi connectivity index (χ4v) is 10.0. The molecule has 5 nitrogen and oxygen atoms in total. The van der Waals surface area contributed by atoms with Gasteiger partial charge < -0.3 is 9.13 Å². The lowest BCUT2D eigenvalue weighted by Gasteiger charge is -2.18. The van der Waals surface area contributed by atoms with E-state index in [0.29, 0.717) is 28.5 Å². The van der Waals surface area contributed by atoms with Crippen LogP contribution in [0.5, 0.6) is 0 Å². The lowest BCUT2D eigenvalue weighted by molar-refractivity contribution is -0.137. The normalized spacial score (nSPS) is 11.9. The number of fused-ring (bicyclic) bond motifs is 6. The Labute approximate surface area is 396 Å². The van der Waals surface area contributed by atoms with Crippen molar-refractivity contribution in [3.8, 4) is 67.8 Å². The monoisotopic (exact) mass is 901 g/mol. The minimum absolute atomic E-state index is 0.111. The first-order chi connectivity index (χ1) is 33.6. The predicted octanol–water partition coefficient (Wildman–Crippen LogP) is 16.3. The summed E-state index contributed by atoms with van der Waals surface area (Å²) < 4.78 is 49.2. The van der Waals surface area contributed by atoms with Crippen molar-refractivity contribution >= 4 is 43.6 Å². The quantitative estimate of drug-likeness (QED) is 0.160. The van der Waals surface area contributed by atoms with Crippen LogP contribution in [0.4, 0.5) is 13.2 Å². The molecular weight excluding hydrogens is 860 g/mol. The highest BCUT2D eigenvalue weighted by molar-refractivity contribution is 6.12. The molecule has 0 radical (unpaired) electrons. The van der Waals surface area contributed by atoms with Gasteiger partial charge in [0.2, 0.25) is 0 Å². The highest BCUT2D eigenvalue weighted by atomic mass is 19.4. The first-order valence-electron chi connectivity index (χ1n) is 22.9. The van der Waals surface area contributed by atoms with Crippen LogP contribution >= 0.6 is 0 Å². The summed E-state index contributed by atoms with van der Waals surface area (Å²) in [6, 6.07) is 65.5. The van der Waals surface area contributed by atoms with E-state index in [4.69, 9.17) is 15.0 Å². The Morgan fingerprint density at radius 1 is 0.348 bits per heavy atom. The van der Waals surface area contributed by atoms with E-state index in [1.165, 1.54) is 17.2 Å². The van der Waals surface area contributed by atoms with Gasteiger partial charge in [-0.1, -0.05) is 139 Å². The minimum atomic E-state index is -4.64. The van der Waals surface area contributed by atoms with Crippen LogP contribution in [0.3, 0.4) is 0 Å². The summed E-state index contributed by atoms with van der Waals surface area (Å²) in [5.41, 5.74) is 13.6. The number of alkyl halides is 3. The Hall–Kier alpha value is -8.62. The molecule has 0 saturated carbocycles. The molecule has 0 saturated heterocycles. The largest absolute Gasteiger partial charge is 0.416 e. The third kappa shape index (κ3) is 7.15. The van der Waals surface area contributed by atoms with E-state index in [2.05, 4.69) is 134 Å². The predicted molar refractivity (Wildman–Crippen MR) is 275 cm³/mol. The third-order valence-electron chi connectivity index (χ3n) is 13.4. The van der Waals surface area contributed by atoms with Gasteiger partial charge in [0.25, 0.3) is 0 Å². The number of aromatic nitrogens is 5. The first kappa shape index (κ1) is 41.8. The lowest BCUT2D eigenvalue weighted by Crippen LogP contribution is -2.09. The molecular formula is C61H42F3N5. The SMILES string of the molecule is Cc1ccc(-n2c3ccccc3c3cc(-c4ccccc4C)ccc32)c(-c2nc(-c3ccccc3)nc(-c3cc(C(F)(F)F)ccc3-n3c4ccccc4c4cc(-c5ccccc5C)ccc43)n2)c1. The van der Waals surface area contributed by atoms with E-state index >= 15 is 0 Å². The van der Waals surface area contributed by atoms with Crippen LogP contribution in [-0.2, 0) is 6.18 Å². The zero-order chi connectivity index (χ0) is 47.0. The molecule has 0 bridgehead atoms. The van der Waals surface area contributed by atoms with Gasteiger partial charge in [0.15, 0.2) is 17.5 Å². The van der Waals surface area contributed by atoms with Crippen LogP contribution in [-0.4, -0.2) is 24.1 Å². The molecule has 0 aliphatic carbocycles. The molecule has 12 rings (SSSR count). The van der Waals surface area contributed by atoms with Crippen LogP contribution in [0.15, 0.2) is 200 Å². The molecule has 332 valence electrons. The van der Waals surface area contributed by atoms with Gasteiger partial charge in [0.05, 0.1) is 39.0 Å². The van der Waals surface area contributed by atoms with Crippen molar-refractivity contribution in [3.05, 3.63) is 222 Å². The fraction of sp³-hybridized carbons (Fsp3) is 0.0656. The maximum atomic E-state index is 15.0. The van der Waals surface area contributed by atoms with E-state index in [9.17, 15) is 13.2 Å². The third-order valence-corrected chi connectivity index (χ3v) is 13.4. The summed E-state index contributed by atoms with van der Waals surface area (Å²) in [7, 11) is 0. The maximum Gasteiger partial charge on any atom is 0.416 e. The molecule has 0 spiro atoms. The molecule has 0 aliphatic heterocycles. The molecule has 69 heavy (non-hydrogen) atoms. The van der Waals surface area contributed by atoms with E-state index in [0.717, 1.165) is 83.2 Å². The lowest BCUT2D eigenvalue weighted by atomic mass is 9.99. The summed E-state index contributed by atoms with van der Waals surface area (Å²) >= 11 is 0. The minimum Gasteiger partial charge on any atom is -0.309 e. The Kier molecular flexibility index (Phi) is 9.88. The summed E-state index contributed by atoms with van der Waals surface area (Å²) in [5, 5.41) is 4.11. The van der Waals surface area contributed by atoms with E-state index in [1.54, 1.807) is 6.07 Å². The number of hydrogen-bond donors (Lipinski definition) is 0. The number of rotatable bonds is 7. The van der Waals surface area contributed by atoms with Crippen LogP contribution in [0.2, 0.25) is 0 Å². The number of nitrogens with zero attached hydrogens (tertiary/aromatic N) is 5. The Morgan fingerprint density at radius 3 is 1.33 bits per heavy atom. The van der Waals surface area contributed by atoms with Gasteiger partial charge in [-0.15, -0.1) is 0 Å². The van der Waals surface area contributed by atoms with Crippen molar-refractivity contribution in [3.63, 3.8) is 0 Å². The van der Waals surface area contributed by atoms with Gasteiger partial charge in [0.1, 0.15) is 0 Å². The molecule has 0 atom stereocenters. The molecule has 12 aromatic rings. The maximum absolute atomic E-state index is 15.0. The number of halogens is 3. The van der Waals surface area contributed by atoms with Crippen molar-refractivity contribution in [2.45, 2.75) is 26.9 Å².